The molecule has 3 amide bonds. The summed E-state index contributed by atoms with van der Waals surface area (Å²) in [5.41, 5.74) is 0. The maximum Gasteiger partial charge on any atom is 0.321 e. The number of carbonyl (C=O) groups excluding carboxylic acids is 2. The topological polar surface area (TPSA) is 58.2 Å². The SMILES string of the molecule is CC[C@H](C)NC(=O)NC(=O)CCl. The van der Waals surface area contributed by atoms with E-state index in [4.69, 9.17) is 11.6 Å². The van der Waals surface area contributed by atoms with E-state index in [1.165, 1.54) is 0 Å². The van der Waals surface area contributed by atoms with Crippen molar-refractivity contribution in [2.45, 2.75) is 26.3 Å². The number of halogens is 1. The first kappa shape index (κ1) is 11.2. The molecule has 5 heteroatoms. The van der Waals surface area contributed by atoms with Gasteiger partial charge in [0.05, 0.1) is 0 Å². The maximum absolute atomic E-state index is 10.9. The third-order valence-corrected chi connectivity index (χ3v) is 1.61. The Kier molecular flexibility index (Phi) is 5.45. The lowest BCUT2D eigenvalue weighted by Gasteiger charge is -2.10. The van der Waals surface area contributed by atoms with Gasteiger partial charge in [0, 0.05) is 6.04 Å². The van der Waals surface area contributed by atoms with Gasteiger partial charge in [0.15, 0.2) is 0 Å². The number of amides is 3. The number of hydrogen-bond donors (Lipinski definition) is 2. The number of rotatable bonds is 3. The summed E-state index contributed by atoms with van der Waals surface area (Å²) in [5, 5.41) is 4.64. The minimum atomic E-state index is -0.491. The van der Waals surface area contributed by atoms with Crippen LogP contribution in [0.5, 0.6) is 0 Å². The highest BCUT2D eigenvalue weighted by Gasteiger charge is 2.07. The molecule has 0 aliphatic heterocycles. The smallest absolute Gasteiger partial charge is 0.321 e. The zero-order valence-electron chi connectivity index (χ0n) is 7.19. The molecule has 0 fully saturated rings. The highest BCUT2D eigenvalue weighted by atomic mass is 35.5. The van der Waals surface area contributed by atoms with Gasteiger partial charge in [-0.05, 0) is 13.3 Å². The molecule has 0 aliphatic carbocycles. The molecule has 0 aromatic heterocycles. The molecule has 0 aliphatic rings. The van der Waals surface area contributed by atoms with E-state index < -0.39 is 11.9 Å². The summed E-state index contributed by atoms with van der Waals surface area (Å²) in [6.45, 7) is 3.79. The minimum absolute atomic E-state index is 0.0631. The van der Waals surface area contributed by atoms with E-state index in [1.807, 2.05) is 13.8 Å². The molecule has 0 bridgehead atoms. The molecule has 0 spiro atoms. The van der Waals surface area contributed by atoms with E-state index in [-0.39, 0.29) is 11.9 Å². The molecule has 0 radical (unpaired) electrons. The largest absolute Gasteiger partial charge is 0.335 e. The molecule has 12 heavy (non-hydrogen) atoms. The predicted octanol–water partition coefficient (Wildman–Crippen LogP) is 0.850. The van der Waals surface area contributed by atoms with Gasteiger partial charge in [-0.1, -0.05) is 6.92 Å². The van der Waals surface area contributed by atoms with E-state index in [1.54, 1.807) is 0 Å². The Morgan fingerprint density at radius 2 is 2.08 bits per heavy atom. The average molecular weight is 193 g/mol. The second kappa shape index (κ2) is 5.83. The predicted molar refractivity (Wildman–Crippen MR) is 47.1 cm³/mol. The number of urea groups is 1. The molecular formula is C7H13ClN2O2. The zero-order chi connectivity index (χ0) is 9.56. The molecule has 0 aromatic rings. The Morgan fingerprint density at radius 3 is 2.50 bits per heavy atom. The quantitative estimate of drug-likeness (QED) is 0.652. The van der Waals surface area contributed by atoms with Crippen molar-refractivity contribution >= 4 is 23.5 Å². The normalized spacial score (nSPS) is 11.9. The first-order valence-corrected chi connectivity index (χ1v) is 4.29. The number of nitrogens with one attached hydrogen (secondary N) is 2. The van der Waals surface area contributed by atoms with Crippen molar-refractivity contribution in [3.8, 4) is 0 Å². The fraction of sp³-hybridized carbons (Fsp3) is 0.714. The van der Waals surface area contributed by atoms with Crippen LogP contribution < -0.4 is 10.6 Å². The van der Waals surface area contributed by atoms with Crippen LogP contribution in [0.1, 0.15) is 20.3 Å². The standard InChI is InChI=1S/C7H13ClN2O2/c1-3-5(2)9-7(12)10-6(11)4-8/h5H,3-4H2,1-2H3,(H2,9,10,11,12)/t5-/m0/s1. The Morgan fingerprint density at radius 1 is 1.50 bits per heavy atom. The van der Waals surface area contributed by atoms with Crippen molar-refractivity contribution in [3.63, 3.8) is 0 Å². The second-order valence-corrected chi connectivity index (χ2v) is 2.73. The molecule has 0 saturated heterocycles. The summed E-state index contributed by atoms with van der Waals surface area (Å²) in [7, 11) is 0. The number of hydrogen-bond acceptors (Lipinski definition) is 2. The van der Waals surface area contributed by atoms with Crippen molar-refractivity contribution in [2.24, 2.45) is 0 Å². The van der Waals surface area contributed by atoms with Gasteiger partial charge in [-0.2, -0.15) is 0 Å². The van der Waals surface area contributed by atoms with Gasteiger partial charge >= 0.3 is 6.03 Å². The van der Waals surface area contributed by atoms with Gasteiger partial charge < -0.3 is 5.32 Å². The van der Waals surface area contributed by atoms with E-state index in [9.17, 15) is 9.59 Å². The molecule has 4 nitrogen and oxygen atoms in total. The Bertz CT molecular complexity index is 173. The number of imide groups is 1. The van der Waals surface area contributed by atoms with E-state index in [0.717, 1.165) is 6.42 Å². The molecule has 0 saturated carbocycles. The molecule has 70 valence electrons. The minimum Gasteiger partial charge on any atom is -0.335 e. The first-order chi connectivity index (χ1) is 5.60. The zero-order valence-corrected chi connectivity index (χ0v) is 7.94. The lowest BCUT2D eigenvalue weighted by molar-refractivity contribution is -0.117. The van der Waals surface area contributed by atoms with Gasteiger partial charge in [-0.15, -0.1) is 11.6 Å². The first-order valence-electron chi connectivity index (χ1n) is 3.76. The molecule has 0 unspecified atom stereocenters. The summed E-state index contributed by atoms with van der Waals surface area (Å²) in [6, 6.07) is -0.428. The third-order valence-electron chi connectivity index (χ3n) is 1.36. The van der Waals surface area contributed by atoms with Crippen LogP contribution >= 0.6 is 11.6 Å². The van der Waals surface area contributed by atoms with Crippen molar-refractivity contribution in [1.29, 1.82) is 0 Å². The summed E-state index contributed by atoms with van der Waals surface area (Å²) in [4.78, 5) is 21.5. The summed E-state index contributed by atoms with van der Waals surface area (Å²) in [6.07, 6.45) is 0.822. The van der Waals surface area contributed by atoms with Gasteiger partial charge in [-0.3, -0.25) is 10.1 Å². The van der Waals surface area contributed by atoms with E-state index in [2.05, 4.69) is 10.6 Å². The van der Waals surface area contributed by atoms with Crippen LogP contribution in [0.2, 0.25) is 0 Å². The average Bonchev–Trinajstić information content (AvgIpc) is 2.03. The van der Waals surface area contributed by atoms with Crippen molar-refractivity contribution in [3.05, 3.63) is 0 Å². The number of carbonyl (C=O) groups is 2. The van der Waals surface area contributed by atoms with Crippen LogP contribution in [0, 0.1) is 0 Å². The highest BCUT2D eigenvalue weighted by Crippen LogP contribution is 1.86. The van der Waals surface area contributed by atoms with Gasteiger partial charge in [0.25, 0.3) is 0 Å². The number of alkyl halides is 1. The van der Waals surface area contributed by atoms with Crippen LogP contribution in [-0.2, 0) is 4.79 Å². The van der Waals surface area contributed by atoms with Crippen LogP contribution in [-0.4, -0.2) is 23.9 Å². The molecular weight excluding hydrogens is 180 g/mol. The maximum atomic E-state index is 10.9. The van der Waals surface area contributed by atoms with Crippen LogP contribution in [0.25, 0.3) is 0 Å². The lowest BCUT2D eigenvalue weighted by Crippen LogP contribution is -2.43. The molecule has 0 aromatic carbocycles. The molecule has 2 N–H and O–H groups in total. The molecule has 0 rings (SSSR count). The highest BCUT2D eigenvalue weighted by molar-refractivity contribution is 6.28. The Hall–Kier alpha value is -0.770. The van der Waals surface area contributed by atoms with Gasteiger partial charge in [0.2, 0.25) is 5.91 Å². The molecule has 1 atom stereocenters. The molecule has 0 heterocycles. The van der Waals surface area contributed by atoms with Crippen molar-refractivity contribution < 1.29 is 9.59 Å². The van der Waals surface area contributed by atoms with E-state index >= 15 is 0 Å². The monoisotopic (exact) mass is 192 g/mol. The summed E-state index contributed by atoms with van der Waals surface area (Å²) < 4.78 is 0. The van der Waals surface area contributed by atoms with Gasteiger partial charge in [0.1, 0.15) is 5.88 Å². The Balaban J connectivity index is 3.66. The van der Waals surface area contributed by atoms with Crippen molar-refractivity contribution in [2.75, 3.05) is 5.88 Å². The van der Waals surface area contributed by atoms with Crippen molar-refractivity contribution in [1.82, 2.24) is 10.6 Å². The lowest BCUT2D eigenvalue weighted by atomic mass is 10.3. The summed E-state index contributed by atoms with van der Waals surface area (Å²) in [5.74, 6) is -0.689. The second-order valence-electron chi connectivity index (χ2n) is 2.46. The fourth-order valence-corrected chi connectivity index (χ4v) is 0.589. The third kappa shape index (κ3) is 4.96. The van der Waals surface area contributed by atoms with Gasteiger partial charge in [-0.25, -0.2) is 4.79 Å². The van der Waals surface area contributed by atoms with Crippen LogP contribution in [0.4, 0.5) is 4.79 Å². The fourth-order valence-electron chi connectivity index (χ4n) is 0.522. The summed E-state index contributed by atoms with van der Waals surface area (Å²) >= 11 is 5.17. The Labute approximate surface area is 76.7 Å². The van der Waals surface area contributed by atoms with Crippen LogP contribution in [0.3, 0.4) is 0 Å². The van der Waals surface area contributed by atoms with E-state index in [0.29, 0.717) is 0 Å². The van der Waals surface area contributed by atoms with Crippen LogP contribution in [0.15, 0.2) is 0 Å².